The minimum absolute atomic E-state index is 1.19. The Kier molecular flexibility index (Phi) is 4.97. The normalized spacial score (nSPS) is 16.7. The van der Waals surface area contributed by atoms with Crippen LogP contribution in [-0.2, 0) is 0 Å². The van der Waals surface area contributed by atoms with Gasteiger partial charge in [0.2, 0.25) is 5.70 Å². The maximum absolute atomic E-state index is 9.75. The molecule has 1 aromatic rings. The maximum atomic E-state index is 9.75. The van der Waals surface area contributed by atoms with Crippen LogP contribution in [0.3, 0.4) is 0 Å². The van der Waals surface area contributed by atoms with E-state index < -0.39 is 7.25 Å². The van der Waals surface area contributed by atoms with Crippen LogP contribution < -0.4 is 4.99 Å². The van der Waals surface area contributed by atoms with E-state index in [9.17, 15) is 17.3 Å². The first-order valence-electron chi connectivity index (χ1n) is 6.10. The fourth-order valence-electron chi connectivity index (χ4n) is 1.94. The summed E-state index contributed by atoms with van der Waals surface area (Å²) in [4.78, 5) is 6.71. The molecule has 1 aliphatic heterocycles. The zero-order chi connectivity index (χ0) is 15.5. The van der Waals surface area contributed by atoms with Crippen LogP contribution in [0.4, 0.5) is 17.3 Å². The molecule has 0 saturated carbocycles. The van der Waals surface area contributed by atoms with Crippen molar-refractivity contribution < 1.29 is 22.3 Å². The molecule has 0 aromatic carbocycles. The molecule has 1 aromatic heterocycles. The number of hydrogen-bond acceptors (Lipinski definition) is 0. The van der Waals surface area contributed by atoms with Gasteiger partial charge in [-0.15, -0.1) is 0 Å². The van der Waals surface area contributed by atoms with Crippen LogP contribution in [0.15, 0.2) is 23.4 Å². The topological polar surface area (TPSA) is 29.8 Å². The summed E-state index contributed by atoms with van der Waals surface area (Å²) >= 11 is 0. The van der Waals surface area contributed by atoms with E-state index >= 15 is 0 Å². The monoisotopic (exact) mass is 288 g/mol. The molecule has 0 spiro atoms. The van der Waals surface area contributed by atoms with Gasteiger partial charge in [-0.05, 0) is 32.4 Å². The third kappa shape index (κ3) is 5.46. The molecule has 0 aliphatic carbocycles. The van der Waals surface area contributed by atoms with E-state index in [0.717, 1.165) is 0 Å². The second kappa shape index (κ2) is 6.11. The quantitative estimate of drug-likeness (QED) is 0.588. The number of rotatable bonds is 1. The summed E-state index contributed by atoms with van der Waals surface area (Å²) in [7, 11) is -6.00. The highest BCUT2D eigenvalue weighted by Gasteiger charge is 2.20. The molecule has 2 heterocycles. The fourth-order valence-corrected chi connectivity index (χ4v) is 1.94. The molecule has 2 rings (SSSR count). The summed E-state index contributed by atoms with van der Waals surface area (Å²) in [6.45, 7) is 8.41. The Hall–Kier alpha value is -1.79. The summed E-state index contributed by atoms with van der Waals surface area (Å²) < 4.78 is 39.0. The van der Waals surface area contributed by atoms with Gasteiger partial charge in [0.1, 0.15) is 0 Å². The zero-order valence-electron chi connectivity index (χ0n) is 11.8. The summed E-state index contributed by atoms with van der Waals surface area (Å²) in [5, 5.41) is 0. The molecule has 7 heteroatoms. The first-order valence-corrected chi connectivity index (χ1v) is 6.10. The predicted molar refractivity (Wildman–Crippen MR) is 73.8 cm³/mol. The Morgan fingerprint density at radius 2 is 1.65 bits per heavy atom. The molecular weight excluding hydrogens is 271 g/mol. The van der Waals surface area contributed by atoms with Gasteiger partial charge in [-0.3, -0.25) is 0 Å². The first kappa shape index (κ1) is 16.3. The van der Waals surface area contributed by atoms with Gasteiger partial charge in [0.15, 0.2) is 5.71 Å². The minimum Gasteiger partial charge on any atom is -0.418 e. The van der Waals surface area contributed by atoms with E-state index in [0.29, 0.717) is 0 Å². The first-order chi connectivity index (χ1) is 9.06. The van der Waals surface area contributed by atoms with Crippen LogP contribution in [0.25, 0.3) is 6.08 Å². The lowest BCUT2D eigenvalue weighted by atomic mass is 10.1. The van der Waals surface area contributed by atoms with Crippen molar-refractivity contribution >= 4 is 19.0 Å². The average molecular weight is 288 g/mol. The summed E-state index contributed by atoms with van der Waals surface area (Å²) in [6.07, 6.45) is 4.33. The van der Waals surface area contributed by atoms with Crippen LogP contribution in [0.5, 0.6) is 0 Å². The van der Waals surface area contributed by atoms with Crippen molar-refractivity contribution in [3.8, 4) is 0 Å². The molecule has 0 bridgehead atoms. The standard InChI is InChI=1S/C13H16N2.BF4/c1-8-5-10(3)14-12(8)7-13-9(2)6-11(4)15-13;2-1(3,4)5/h5-7,14H,1-4H3;/q;-1/p+1/b13-7-;. The van der Waals surface area contributed by atoms with Crippen molar-refractivity contribution in [2.75, 3.05) is 0 Å². The molecule has 110 valence electrons. The van der Waals surface area contributed by atoms with E-state index in [1.807, 2.05) is 0 Å². The number of aryl methyl sites for hydroxylation is 2. The van der Waals surface area contributed by atoms with Gasteiger partial charge in [-0.1, -0.05) is 0 Å². The molecule has 0 radical (unpaired) electrons. The van der Waals surface area contributed by atoms with Gasteiger partial charge in [-0.2, -0.15) is 0 Å². The number of aromatic amines is 1. The summed E-state index contributed by atoms with van der Waals surface area (Å²) in [5.74, 6) is 0. The lowest BCUT2D eigenvalue weighted by molar-refractivity contribution is -0.386. The highest BCUT2D eigenvalue weighted by atomic mass is 19.5. The molecule has 0 fully saturated rings. The third-order valence-electron chi connectivity index (χ3n) is 2.67. The summed E-state index contributed by atoms with van der Waals surface area (Å²) in [5.41, 5.74) is 7.38. The van der Waals surface area contributed by atoms with Crippen molar-refractivity contribution in [2.45, 2.75) is 27.7 Å². The molecule has 0 amide bonds. The Morgan fingerprint density at radius 1 is 1.10 bits per heavy atom. The molecule has 0 atom stereocenters. The fraction of sp³-hybridized carbons (Fsp3) is 0.308. The van der Waals surface area contributed by atoms with Crippen molar-refractivity contribution in [2.24, 2.45) is 0 Å². The lowest BCUT2D eigenvalue weighted by Crippen LogP contribution is -2.67. The number of allylic oxidation sites excluding steroid dienone is 2. The van der Waals surface area contributed by atoms with E-state index in [4.69, 9.17) is 0 Å². The average Bonchev–Trinajstić information content (AvgIpc) is 2.68. The lowest BCUT2D eigenvalue weighted by Gasteiger charge is -1.94. The number of H-pyrrole nitrogens is 1. The van der Waals surface area contributed by atoms with Crippen molar-refractivity contribution in [3.05, 3.63) is 40.4 Å². The highest BCUT2D eigenvalue weighted by Crippen LogP contribution is 2.14. The van der Waals surface area contributed by atoms with Crippen molar-refractivity contribution in [3.63, 3.8) is 0 Å². The molecule has 2 N–H and O–H groups in total. The zero-order valence-corrected chi connectivity index (χ0v) is 11.8. The Bertz CT molecular complexity index is 574. The van der Waals surface area contributed by atoms with Gasteiger partial charge >= 0.3 is 7.25 Å². The number of aromatic nitrogens is 1. The number of nitrogens with one attached hydrogen (secondary N) is 2. The number of hydrogen-bond donors (Lipinski definition) is 2. The SMILES string of the molecule is CC1=CC(C)=[NH+]/C1=C\c1[nH]c(C)cc1C.F[B-](F)(F)F. The van der Waals surface area contributed by atoms with Crippen molar-refractivity contribution in [1.82, 2.24) is 4.98 Å². The molecule has 0 saturated heterocycles. The van der Waals surface area contributed by atoms with Gasteiger partial charge < -0.3 is 22.2 Å². The third-order valence-corrected chi connectivity index (χ3v) is 2.67. The maximum Gasteiger partial charge on any atom is 0.673 e. The van der Waals surface area contributed by atoms with E-state index in [1.165, 1.54) is 33.9 Å². The smallest absolute Gasteiger partial charge is 0.418 e. The van der Waals surface area contributed by atoms with E-state index in [1.54, 1.807) is 0 Å². The molecule has 20 heavy (non-hydrogen) atoms. The van der Waals surface area contributed by atoms with Gasteiger partial charge in [0.25, 0.3) is 0 Å². The molecule has 1 aliphatic rings. The Balaban J connectivity index is 0.000000347. The largest absolute Gasteiger partial charge is 0.673 e. The van der Waals surface area contributed by atoms with Gasteiger partial charge in [0, 0.05) is 36.0 Å². The molecule has 2 nitrogen and oxygen atoms in total. The van der Waals surface area contributed by atoms with Crippen LogP contribution in [0.2, 0.25) is 0 Å². The van der Waals surface area contributed by atoms with Crippen LogP contribution in [-0.4, -0.2) is 18.0 Å². The Labute approximate surface area is 115 Å². The highest BCUT2D eigenvalue weighted by molar-refractivity contribution is 6.50. The predicted octanol–water partition coefficient (Wildman–Crippen LogP) is 2.77. The van der Waals surface area contributed by atoms with Gasteiger partial charge in [0.05, 0.1) is 0 Å². The number of halogens is 4. The molecule has 0 unspecified atom stereocenters. The second-order valence-electron chi connectivity index (χ2n) is 4.74. The van der Waals surface area contributed by atoms with E-state index in [2.05, 4.69) is 55.9 Å². The molecular formula is C13H17BF4N2. The van der Waals surface area contributed by atoms with E-state index in [-0.39, 0.29) is 0 Å². The van der Waals surface area contributed by atoms with Crippen LogP contribution in [0, 0.1) is 13.8 Å². The van der Waals surface area contributed by atoms with Gasteiger partial charge in [-0.25, -0.2) is 4.99 Å². The second-order valence-corrected chi connectivity index (χ2v) is 4.74. The summed E-state index contributed by atoms with van der Waals surface area (Å²) in [6, 6.07) is 2.16. The Morgan fingerprint density at radius 3 is 2.00 bits per heavy atom. The van der Waals surface area contributed by atoms with Crippen LogP contribution in [0.1, 0.15) is 30.8 Å². The minimum atomic E-state index is -6.00. The van der Waals surface area contributed by atoms with Crippen LogP contribution >= 0.6 is 0 Å². The van der Waals surface area contributed by atoms with Crippen molar-refractivity contribution in [1.29, 1.82) is 0 Å².